The number of aromatic nitrogens is 9. The first-order valence-corrected chi connectivity index (χ1v) is 12.3. The molecule has 0 aliphatic heterocycles. The third-order valence-corrected chi connectivity index (χ3v) is 6.47. The van der Waals surface area contributed by atoms with Crippen molar-refractivity contribution < 1.29 is 36.6 Å². The number of benzene rings is 1. The van der Waals surface area contributed by atoms with Crippen LogP contribution >= 0.6 is 11.6 Å². The lowest BCUT2D eigenvalue weighted by atomic mass is 10.0. The van der Waals surface area contributed by atoms with Gasteiger partial charge in [0.15, 0.2) is 5.82 Å². The Morgan fingerprint density at radius 2 is 1.90 bits per heavy atom. The summed E-state index contributed by atoms with van der Waals surface area (Å²) in [6, 6.07) is 4.66. The van der Waals surface area contributed by atoms with Crippen LogP contribution in [0.3, 0.4) is 0 Å². The van der Waals surface area contributed by atoms with Gasteiger partial charge in [-0.25, -0.2) is 17.9 Å². The molecule has 11 nitrogen and oxygen atoms in total. The summed E-state index contributed by atoms with van der Waals surface area (Å²) in [6.07, 6.45) is 3.77. The summed E-state index contributed by atoms with van der Waals surface area (Å²) in [6.45, 7) is -1.65. The van der Waals surface area contributed by atoms with Gasteiger partial charge in [-0.1, -0.05) is 16.8 Å². The molecule has 0 saturated heterocycles. The zero-order valence-electron chi connectivity index (χ0n) is 21.0. The summed E-state index contributed by atoms with van der Waals surface area (Å²) in [7, 11) is 0. The van der Waals surface area contributed by atoms with Crippen molar-refractivity contribution in [1.29, 1.82) is 0 Å². The van der Waals surface area contributed by atoms with E-state index in [-0.39, 0.29) is 40.6 Å². The lowest BCUT2D eigenvalue weighted by Crippen LogP contribution is -2.38. The predicted molar refractivity (Wildman–Crippen MR) is 131 cm³/mol. The van der Waals surface area contributed by atoms with Crippen LogP contribution in [-0.4, -0.2) is 58.0 Å². The number of hydrogen-bond acceptors (Lipinski definition) is 7. The second kappa shape index (κ2) is 11.6. The number of nitrogens with zero attached hydrogens (tertiary/aromatic N) is 9. The summed E-state index contributed by atoms with van der Waals surface area (Å²) in [5, 5.41) is 29.9. The van der Waals surface area contributed by atoms with Crippen molar-refractivity contribution in [2.24, 2.45) is 0 Å². The topological polar surface area (TPSA) is 113 Å². The predicted octanol–water partition coefficient (Wildman–Crippen LogP) is 4.49. The smallest absolute Gasteiger partial charge is 0.323 e. The molecule has 0 aliphatic carbocycles. The maximum Gasteiger partial charge on any atom is 0.345 e. The molecule has 0 saturated carbocycles. The van der Waals surface area contributed by atoms with E-state index >= 15 is 4.39 Å². The Kier molecular flexibility index (Phi) is 7.94. The van der Waals surface area contributed by atoms with E-state index in [0.717, 1.165) is 17.1 Å². The number of rotatable bonds is 10. The highest BCUT2D eigenvalue weighted by Gasteiger charge is 2.29. The molecule has 0 unspecified atom stereocenters. The first-order chi connectivity index (χ1) is 19.6. The van der Waals surface area contributed by atoms with Crippen LogP contribution in [0.25, 0.3) is 22.5 Å². The summed E-state index contributed by atoms with van der Waals surface area (Å²) in [5.41, 5.74) is 0.125. The summed E-state index contributed by atoms with van der Waals surface area (Å²) in [4.78, 5) is 0. The average molecular weight is 597 g/mol. The summed E-state index contributed by atoms with van der Waals surface area (Å²) >= 11 is 6.01. The minimum Gasteiger partial charge on any atom is -0.323 e. The van der Waals surface area contributed by atoms with Gasteiger partial charge in [0.1, 0.15) is 23.9 Å². The van der Waals surface area contributed by atoms with Crippen molar-refractivity contribution in [3.05, 3.63) is 83.4 Å². The molecule has 1 N–H and O–H groups in total. The fraction of sp³-hybridized carbons (Fsp3) is 0.250. The zero-order valence-corrected chi connectivity index (χ0v) is 21.7. The Morgan fingerprint density at radius 3 is 2.56 bits per heavy atom. The first-order valence-electron chi connectivity index (χ1n) is 11.9. The number of ether oxygens (including phenoxy) is 1. The standard InChI is InChI=1S/C24H20ClF5N9O2/c1-13-33-31-12-36(13)15-8-32-37(10-15)18(6-7-41-24(29)30)19-4-2-14(9-39(19)40)21-20(5-3-16(25)22(21)26)38-11-17(23(27)28)34-35-38/h2-5,8-12,18,23-24,40H,6-7H2,1H3/q+1/t18-/m0/s1. The van der Waals surface area contributed by atoms with Crippen molar-refractivity contribution in [2.75, 3.05) is 6.61 Å². The molecule has 5 aromatic rings. The molecule has 0 bridgehead atoms. The van der Waals surface area contributed by atoms with Gasteiger partial charge in [0, 0.05) is 17.2 Å². The molecule has 214 valence electrons. The Hall–Kier alpha value is -4.44. The Morgan fingerprint density at radius 1 is 1.10 bits per heavy atom. The third kappa shape index (κ3) is 5.74. The number of hydrogen-bond donors (Lipinski definition) is 1. The molecule has 17 heteroatoms. The maximum atomic E-state index is 15.3. The fourth-order valence-corrected chi connectivity index (χ4v) is 4.42. The van der Waals surface area contributed by atoms with E-state index in [4.69, 9.17) is 11.6 Å². The molecule has 4 aromatic heterocycles. The summed E-state index contributed by atoms with van der Waals surface area (Å²) < 4.78 is 76.1. The normalized spacial score (nSPS) is 12.5. The quantitative estimate of drug-likeness (QED) is 0.144. The average Bonchev–Trinajstić information content (AvgIpc) is 3.69. The molecule has 1 aromatic carbocycles. The first kappa shape index (κ1) is 28.1. The van der Waals surface area contributed by atoms with Crippen molar-refractivity contribution in [2.45, 2.75) is 32.4 Å². The van der Waals surface area contributed by atoms with Gasteiger partial charge >= 0.3 is 6.61 Å². The molecular weight excluding hydrogens is 577 g/mol. The van der Waals surface area contributed by atoms with Gasteiger partial charge in [-0.2, -0.15) is 13.9 Å². The van der Waals surface area contributed by atoms with E-state index < -0.39 is 30.6 Å². The van der Waals surface area contributed by atoms with Crippen molar-refractivity contribution >= 4 is 11.6 Å². The lowest BCUT2D eigenvalue weighted by molar-refractivity contribution is -0.910. The van der Waals surface area contributed by atoms with Gasteiger partial charge in [0.25, 0.3) is 12.1 Å². The number of pyridine rings is 1. The van der Waals surface area contributed by atoms with Gasteiger partial charge < -0.3 is 4.74 Å². The highest BCUT2D eigenvalue weighted by atomic mass is 35.5. The fourth-order valence-electron chi connectivity index (χ4n) is 4.27. The molecule has 0 spiro atoms. The van der Waals surface area contributed by atoms with Crippen LogP contribution in [0.1, 0.15) is 36.1 Å². The highest BCUT2D eigenvalue weighted by molar-refractivity contribution is 6.31. The van der Waals surface area contributed by atoms with E-state index in [1.54, 1.807) is 17.7 Å². The lowest BCUT2D eigenvalue weighted by Gasteiger charge is -2.15. The van der Waals surface area contributed by atoms with Gasteiger partial charge in [0.05, 0.1) is 52.7 Å². The van der Waals surface area contributed by atoms with Crippen LogP contribution in [-0.2, 0) is 4.74 Å². The Labute approximate surface area is 233 Å². The number of aryl methyl sites for hydroxylation is 1. The van der Waals surface area contributed by atoms with Gasteiger partial charge in [-0.15, -0.1) is 15.3 Å². The molecule has 0 radical (unpaired) electrons. The Bertz CT molecular complexity index is 1670. The van der Waals surface area contributed by atoms with Crippen molar-refractivity contribution in [1.82, 2.24) is 39.5 Å². The van der Waals surface area contributed by atoms with E-state index in [2.05, 4.69) is 30.3 Å². The van der Waals surface area contributed by atoms with Crippen LogP contribution in [0.2, 0.25) is 5.02 Å². The van der Waals surface area contributed by atoms with Crippen LogP contribution in [0, 0.1) is 12.7 Å². The van der Waals surface area contributed by atoms with Crippen LogP contribution in [0.4, 0.5) is 22.0 Å². The number of alkyl halides is 4. The SMILES string of the molecule is Cc1nncn1-c1cnn([C@@H](CCOC(F)F)c2ccc(-c3c(-n4cc(C(F)F)nn4)ccc(Cl)c3F)c[n+]2O)c1. The molecule has 0 amide bonds. The molecule has 1 atom stereocenters. The van der Waals surface area contributed by atoms with Crippen LogP contribution < -0.4 is 4.73 Å². The number of halogens is 6. The Balaban J connectivity index is 1.55. The third-order valence-electron chi connectivity index (χ3n) is 6.18. The van der Waals surface area contributed by atoms with Crippen molar-refractivity contribution in [3.8, 4) is 22.5 Å². The molecule has 4 heterocycles. The summed E-state index contributed by atoms with van der Waals surface area (Å²) in [5.74, 6) is -0.315. The van der Waals surface area contributed by atoms with E-state index in [1.807, 2.05) is 0 Å². The van der Waals surface area contributed by atoms with Gasteiger partial charge in [0.2, 0.25) is 6.20 Å². The molecule has 5 rings (SSSR count). The second-order valence-corrected chi connectivity index (χ2v) is 9.10. The molecule has 41 heavy (non-hydrogen) atoms. The molecule has 0 aliphatic rings. The van der Waals surface area contributed by atoms with E-state index in [1.165, 1.54) is 41.5 Å². The molecular formula is C24H20ClF5N9O2+. The van der Waals surface area contributed by atoms with Crippen LogP contribution in [0.15, 0.2) is 55.4 Å². The van der Waals surface area contributed by atoms with E-state index in [9.17, 15) is 22.8 Å². The van der Waals surface area contributed by atoms with Gasteiger partial charge in [-0.3, -0.25) is 14.5 Å². The van der Waals surface area contributed by atoms with E-state index in [0.29, 0.717) is 16.2 Å². The minimum absolute atomic E-state index is 0.0291. The molecule has 0 fully saturated rings. The monoisotopic (exact) mass is 596 g/mol. The van der Waals surface area contributed by atoms with Gasteiger partial charge in [-0.05, 0) is 25.1 Å². The maximum absolute atomic E-state index is 15.3. The zero-order chi connectivity index (χ0) is 29.3. The largest absolute Gasteiger partial charge is 0.345 e. The van der Waals surface area contributed by atoms with Crippen LogP contribution in [0.5, 0.6) is 0 Å². The minimum atomic E-state index is -3.00. The van der Waals surface area contributed by atoms with Crippen molar-refractivity contribution in [3.63, 3.8) is 0 Å². The highest BCUT2D eigenvalue weighted by Crippen LogP contribution is 2.34. The second-order valence-electron chi connectivity index (χ2n) is 8.69.